The zero-order chi connectivity index (χ0) is 16.8. The number of nitrogens with one attached hydrogen (secondary N) is 2. The minimum Gasteiger partial charge on any atom is -0.495 e. The van der Waals surface area contributed by atoms with Gasteiger partial charge in [-0.25, -0.2) is 4.79 Å². The van der Waals surface area contributed by atoms with E-state index in [1.165, 1.54) is 0 Å². The van der Waals surface area contributed by atoms with Crippen molar-refractivity contribution in [1.29, 1.82) is 0 Å². The molecule has 0 aliphatic carbocycles. The molecule has 2 heterocycles. The number of carbonyl (C=O) groups excluding carboxylic acids is 1. The minimum atomic E-state index is -0.0961. The molecule has 0 spiro atoms. The second-order valence-corrected chi connectivity index (χ2v) is 6.50. The van der Waals surface area contributed by atoms with Gasteiger partial charge < -0.3 is 25.0 Å². The summed E-state index contributed by atoms with van der Waals surface area (Å²) in [7, 11) is 1.70. The number of hydrogen-bond donors (Lipinski definition) is 2. The van der Waals surface area contributed by atoms with Gasteiger partial charge in [0.05, 0.1) is 18.9 Å². The van der Waals surface area contributed by atoms with E-state index < -0.39 is 0 Å². The molecule has 3 rings (SSSR count). The van der Waals surface area contributed by atoms with Crippen LogP contribution in [0.5, 0.6) is 5.75 Å². The fourth-order valence-corrected chi connectivity index (χ4v) is 3.42. The fraction of sp³-hybridized carbons (Fsp3) is 0.611. The Morgan fingerprint density at radius 3 is 2.92 bits per heavy atom. The highest BCUT2D eigenvalue weighted by molar-refractivity contribution is 5.73. The number of amides is 2. The molecule has 0 unspecified atom stereocenters. The third-order valence-electron chi connectivity index (χ3n) is 4.78. The molecular weight excluding hydrogens is 306 g/mol. The molecule has 2 aliphatic heterocycles. The quantitative estimate of drug-likeness (QED) is 0.836. The first-order valence-corrected chi connectivity index (χ1v) is 8.77. The summed E-state index contributed by atoms with van der Waals surface area (Å²) in [5.74, 6) is 1.36. The highest BCUT2D eigenvalue weighted by Crippen LogP contribution is 2.31. The lowest BCUT2D eigenvalue weighted by atomic mass is 10.1. The molecule has 2 amide bonds. The fourth-order valence-electron chi connectivity index (χ4n) is 3.42. The van der Waals surface area contributed by atoms with Crippen molar-refractivity contribution in [3.8, 4) is 5.75 Å². The molecule has 2 N–H and O–H groups in total. The zero-order valence-corrected chi connectivity index (χ0v) is 14.3. The number of hydrogen-bond acceptors (Lipinski definition) is 4. The lowest BCUT2D eigenvalue weighted by Gasteiger charge is -2.21. The minimum absolute atomic E-state index is 0.0961. The van der Waals surface area contributed by atoms with Crippen LogP contribution in [0.1, 0.15) is 19.3 Å². The zero-order valence-electron chi connectivity index (χ0n) is 14.3. The van der Waals surface area contributed by atoms with E-state index in [9.17, 15) is 4.79 Å². The summed E-state index contributed by atoms with van der Waals surface area (Å²) in [6, 6.07) is 7.99. The molecule has 6 heteroatoms. The summed E-state index contributed by atoms with van der Waals surface area (Å²) in [5, 5.41) is 5.89. The van der Waals surface area contributed by atoms with Gasteiger partial charge in [-0.05, 0) is 37.3 Å². The number of para-hydroxylation sites is 2. The first-order chi connectivity index (χ1) is 11.8. The average molecular weight is 333 g/mol. The number of ether oxygens (including phenoxy) is 2. The summed E-state index contributed by atoms with van der Waals surface area (Å²) >= 11 is 0. The maximum absolute atomic E-state index is 11.9. The molecule has 6 nitrogen and oxygen atoms in total. The Labute approximate surface area is 143 Å². The van der Waals surface area contributed by atoms with E-state index in [2.05, 4.69) is 21.6 Å². The van der Waals surface area contributed by atoms with Crippen LogP contribution in [0, 0.1) is 5.92 Å². The van der Waals surface area contributed by atoms with Crippen molar-refractivity contribution in [1.82, 2.24) is 10.6 Å². The van der Waals surface area contributed by atoms with Gasteiger partial charge in [0.15, 0.2) is 0 Å². The third kappa shape index (κ3) is 4.32. The highest BCUT2D eigenvalue weighted by Gasteiger charge is 2.25. The molecule has 0 aromatic heterocycles. The lowest BCUT2D eigenvalue weighted by Crippen LogP contribution is -2.41. The van der Waals surface area contributed by atoms with Gasteiger partial charge in [0.1, 0.15) is 5.75 Å². The van der Waals surface area contributed by atoms with Crippen LogP contribution in [0.3, 0.4) is 0 Å². The summed E-state index contributed by atoms with van der Waals surface area (Å²) in [4.78, 5) is 14.2. The van der Waals surface area contributed by atoms with Gasteiger partial charge in [0, 0.05) is 32.8 Å². The average Bonchev–Trinajstić information content (AvgIpc) is 3.29. The molecule has 0 radical (unpaired) electrons. The van der Waals surface area contributed by atoms with Crippen molar-refractivity contribution < 1.29 is 14.3 Å². The normalized spacial score (nSPS) is 23.3. The first kappa shape index (κ1) is 16.9. The molecule has 2 fully saturated rings. The van der Waals surface area contributed by atoms with Gasteiger partial charge in [0.25, 0.3) is 0 Å². The monoisotopic (exact) mass is 333 g/mol. The summed E-state index contributed by atoms with van der Waals surface area (Å²) in [6.07, 6.45) is 3.39. The van der Waals surface area contributed by atoms with Crippen LogP contribution in [-0.4, -0.2) is 52.0 Å². The maximum Gasteiger partial charge on any atom is 0.314 e. The van der Waals surface area contributed by atoms with Crippen LogP contribution >= 0.6 is 0 Å². The number of nitrogens with zero attached hydrogens (tertiary/aromatic N) is 1. The second kappa shape index (κ2) is 8.24. The molecule has 1 aromatic rings. The predicted octanol–water partition coefficient (Wildman–Crippen LogP) is 2.00. The largest absolute Gasteiger partial charge is 0.495 e. The van der Waals surface area contributed by atoms with E-state index in [0.717, 1.165) is 50.4 Å². The second-order valence-electron chi connectivity index (χ2n) is 6.50. The number of carbonyl (C=O) groups is 1. The Morgan fingerprint density at radius 2 is 2.12 bits per heavy atom. The van der Waals surface area contributed by atoms with E-state index in [0.29, 0.717) is 19.0 Å². The number of anilines is 1. The standard InChI is InChI=1S/C18H27N3O3/c1-23-17-7-3-2-6-16(17)21-9-8-14(13-21)11-19-18(22)20-12-15-5-4-10-24-15/h2-3,6-7,14-15H,4-5,8-13H2,1H3,(H2,19,20,22)/t14-,15-/m1/s1. The molecule has 0 bridgehead atoms. The molecule has 2 saturated heterocycles. The van der Waals surface area contributed by atoms with Gasteiger partial charge in [-0.15, -0.1) is 0 Å². The topological polar surface area (TPSA) is 62.8 Å². The van der Waals surface area contributed by atoms with Crippen LogP contribution < -0.4 is 20.3 Å². The van der Waals surface area contributed by atoms with Gasteiger partial charge in [-0.2, -0.15) is 0 Å². The van der Waals surface area contributed by atoms with E-state index in [1.54, 1.807) is 7.11 Å². The lowest BCUT2D eigenvalue weighted by molar-refractivity contribution is 0.111. The Bertz CT molecular complexity index is 546. The molecule has 132 valence electrons. The summed E-state index contributed by atoms with van der Waals surface area (Å²) in [6.45, 7) is 4.04. The van der Waals surface area contributed by atoms with E-state index in [-0.39, 0.29) is 12.1 Å². The van der Waals surface area contributed by atoms with E-state index >= 15 is 0 Å². The van der Waals surface area contributed by atoms with Crippen molar-refractivity contribution in [3.63, 3.8) is 0 Å². The van der Waals surface area contributed by atoms with E-state index in [1.807, 2.05) is 18.2 Å². The maximum atomic E-state index is 11.9. The van der Waals surface area contributed by atoms with Gasteiger partial charge in [-0.3, -0.25) is 0 Å². The van der Waals surface area contributed by atoms with Crippen LogP contribution in [0.2, 0.25) is 0 Å². The molecule has 1 aromatic carbocycles. The number of methoxy groups -OCH3 is 1. The Balaban J connectivity index is 1.40. The molecule has 0 saturated carbocycles. The van der Waals surface area contributed by atoms with Crippen molar-refractivity contribution >= 4 is 11.7 Å². The number of benzene rings is 1. The number of urea groups is 1. The van der Waals surface area contributed by atoms with Crippen molar-refractivity contribution in [2.45, 2.75) is 25.4 Å². The predicted molar refractivity (Wildman–Crippen MR) is 93.7 cm³/mol. The molecule has 2 atom stereocenters. The summed E-state index contributed by atoms with van der Waals surface area (Å²) < 4.78 is 10.9. The molecule has 2 aliphatic rings. The van der Waals surface area contributed by atoms with Gasteiger partial charge >= 0.3 is 6.03 Å². The molecule has 24 heavy (non-hydrogen) atoms. The van der Waals surface area contributed by atoms with Crippen LogP contribution in [0.15, 0.2) is 24.3 Å². The van der Waals surface area contributed by atoms with Crippen LogP contribution in [-0.2, 0) is 4.74 Å². The smallest absolute Gasteiger partial charge is 0.314 e. The van der Waals surface area contributed by atoms with E-state index in [4.69, 9.17) is 9.47 Å². The van der Waals surface area contributed by atoms with Gasteiger partial charge in [-0.1, -0.05) is 12.1 Å². The Morgan fingerprint density at radius 1 is 1.29 bits per heavy atom. The summed E-state index contributed by atoms with van der Waals surface area (Å²) in [5.41, 5.74) is 1.13. The SMILES string of the molecule is COc1ccccc1N1CC[C@H](CNC(=O)NC[C@H]2CCCO2)C1. The van der Waals surface area contributed by atoms with Crippen LogP contribution in [0.4, 0.5) is 10.5 Å². The third-order valence-corrected chi connectivity index (χ3v) is 4.78. The van der Waals surface area contributed by atoms with Crippen molar-refractivity contribution in [2.24, 2.45) is 5.92 Å². The Hall–Kier alpha value is -1.95. The Kier molecular flexibility index (Phi) is 5.80. The van der Waals surface area contributed by atoms with Gasteiger partial charge in [0.2, 0.25) is 0 Å². The highest BCUT2D eigenvalue weighted by atomic mass is 16.5. The van der Waals surface area contributed by atoms with Crippen molar-refractivity contribution in [3.05, 3.63) is 24.3 Å². The first-order valence-electron chi connectivity index (χ1n) is 8.77. The number of rotatable bonds is 6. The van der Waals surface area contributed by atoms with Crippen LogP contribution in [0.25, 0.3) is 0 Å². The van der Waals surface area contributed by atoms with Crippen molar-refractivity contribution in [2.75, 3.05) is 44.8 Å². The molecular formula is C18H27N3O3.